The van der Waals surface area contributed by atoms with E-state index in [2.05, 4.69) is 4.72 Å². The molecular weight excluding hydrogens is 268 g/mol. The van der Waals surface area contributed by atoms with Crippen LogP contribution in [-0.4, -0.2) is 18.7 Å². The summed E-state index contributed by atoms with van der Waals surface area (Å²) in [6.45, 7) is 7.17. The van der Waals surface area contributed by atoms with Gasteiger partial charge in [0.05, 0.1) is 10.7 Å². The molecule has 0 saturated carbocycles. The second-order valence-corrected chi connectivity index (χ2v) is 6.94. The van der Waals surface area contributed by atoms with Crippen LogP contribution in [-0.2, 0) is 10.0 Å². The summed E-state index contributed by atoms with van der Waals surface area (Å²) in [4.78, 5) is -0.0371. The molecular formula is C12H18N2O2S2. The van der Waals surface area contributed by atoms with E-state index in [1.54, 1.807) is 0 Å². The van der Waals surface area contributed by atoms with Crippen LogP contribution in [0.4, 0.5) is 5.69 Å². The number of anilines is 1. The molecule has 0 aliphatic rings. The van der Waals surface area contributed by atoms with E-state index < -0.39 is 15.3 Å². The van der Waals surface area contributed by atoms with Crippen LogP contribution in [0.3, 0.4) is 0 Å². The number of aryl methyl sites for hydroxylation is 3. The van der Waals surface area contributed by atoms with Crippen molar-refractivity contribution in [2.24, 2.45) is 5.73 Å². The summed E-state index contributed by atoms with van der Waals surface area (Å²) >= 11 is 4.73. The Morgan fingerprint density at radius 2 is 1.72 bits per heavy atom. The number of rotatable bonds is 4. The second kappa shape index (κ2) is 5.24. The van der Waals surface area contributed by atoms with Gasteiger partial charge in [-0.25, -0.2) is 8.42 Å². The lowest BCUT2D eigenvalue weighted by Crippen LogP contribution is -2.36. The molecule has 0 aliphatic carbocycles. The van der Waals surface area contributed by atoms with Crippen molar-refractivity contribution in [1.82, 2.24) is 0 Å². The lowest BCUT2D eigenvalue weighted by Gasteiger charge is -2.17. The molecule has 1 aromatic rings. The topological polar surface area (TPSA) is 72.2 Å². The molecule has 0 saturated heterocycles. The van der Waals surface area contributed by atoms with Crippen LogP contribution in [0.15, 0.2) is 12.1 Å². The van der Waals surface area contributed by atoms with Crippen molar-refractivity contribution in [3.8, 4) is 0 Å². The van der Waals surface area contributed by atoms with Gasteiger partial charge in [0, 0.05) is 0 Å². The van der Waals surface area contributed by atoms with Crippen LogP contribution < -0.4 is 10.5 Å². The molecule has 1 rings (SSSR count). The summed E-state index contributed by atoms with van der Waals surface area (Å²) in [7, 11) is -3.59. The van der Waals surface area contributed by atoms with Gasteiger partial charge in [-0.2, -0.15) is 0 Å². The van der Waals surface area contributed by atoms with Crippen LogP contribution in [0, 0.1) is 20.8 Å². The van der Waals surface area contributed by atoms with Gasteiger partial charge in [-0.3, -0.25) is 4.72 Å². The van der Waals surface area contributed by atoms with Crippen molar-refractivity contribution in [2.45, 2.75) is 32.9 Å². The maximum atomic E-state index is 12.1. The first-order valence-corrected chi connectivity index (χ1v) is 7.49. The maximum absolute atomic E-state index is 12.1. The first-order chi connectivity index (χ1) is 8.15. The van der Waals surface area contributed by atoms with Gasteiger partial charge in [0.2, 0.25) is 10.0 Å². The van der Waals surface area contributed by atoms with E-state index >= 15 is 0 Å². The normalized spacial score (nSPS) is 13.1. The van der Waals surface area contributed by atoms with Gasteiger partial charge in [0.15, 0.2) is 0 Å². The van der Waals surface area contributed by atoms with Gasteiger partial charge in [-0.05, 0) is 38.8 Å². The van der Waals surface area contributed by atoms with Crippen molar-refractivity contribution < 1.29 is 8.42 Å². The number of nitrogens with one attached hydrogen (secondary N) is 1. The summed E-state index contributed by atoms with van der Waals surface area (Å²) in [5.41, 5.74) is 8.84. The maximum Gasteiger partial charge on any atom is 0.241 e. The van der Waals surface area contributed by atoms with Gasteiger partial charge in [0.25, 0.3) is 0 Å². The highest BCUT2D eigenvalue weighted by molar-refractivity contribution is 7.95. The molecule has 0 heterocycles. The molecule has 4 nitrogen and oxygen atoms in total. The fourth-order valence-electron chi connectivity index (χ4n) is 1.72. The third-order valence-electron chi connectivity index (χ3n) is 2.79. The summed E-state index contributed by atoms with van der Waals surface area (Å²) in [6, 6.07) is 3.85. The molecule has 0 aliphatic heterocycles. The van der Waals surface area contributed by atoms with E-state index in [0.29, 0.717) is 5.69 Å². The largest absolute Gasteiger partial charge is 0.392 e. The molecule has 6 heteroatoms. The zero-order valence-corrected chi connectivity index (χ0v) is 12.6. The summed E-state index contributed by atoms with van der Waals surface area (Å²) in [6.07, 6.45) is 0. The first-order valence-electron chi connectivity index (χ1n) is 5.54. The quantitative estimate of drug-likeness (QED) is 0.831. The zero-order chi connectivity index (χ0) is 14.1. The number of hydrogen-bond donors (Lipinski definition) is 2. The molecule has 0 aromatic heterocycles. The minimum absolute atomic E-state index is 0.0371. The van der Waals surface area contributed by atoms with E-state index in [-0.39, 0.29) is 4.99 Å². The fourth-order valence-corrected chi connectivity index (χ4v) is 3.19. The lowest BCUT2D eigenvalue weighted by molar-refractivity contribution is 0.598. The summed E-state index contributed by atoms with van der Waals surface area (Å²) in [5, 5.41) is -0.896. The van der Waals surface area contributed by atoms with Crippen molar-refractivity contribution in [3.05, 3.63) is 28.8 Å². The lowest BCUT2D eigenvalue weighted by atomic mass is 10.1. The van der Waals surface area contributed by atoms with Crippen LogP contribution in [0.1, 0.15) is 23.6 Å². The molecule has 0 bridgehead atoms. The zero-order valence-electron chi connectivity index (χ0n) is 10.9. The number of nitrogens with two attached hydrogens (primary N) is 1. The molecule has 3 N–H and O–H groups in total. The predicted octanol–water partition coefficient (Wildman–Crippen LogP) is 2.03. The Balaban J connectivity index is 3.17. The number of benzene rings is 1. The van der Waals surface area contributed by atoms with Gasteiger partial charge >= 0.3 is 0 Å². The standard InChI is InChI=1S/C12H18N2O2S2/c1-7-5-8(2)11(9(3)6-7)14-18(15,16)10(4)12(13)17/h5-6,10,14H,1-4H3,(H2,13,17). The highest BCUT2D eigenvalue weighted by Crippen LogP contribution is 2.23. The smallest absolute Gasteiger partial charge is 0.241 e. The molecule has 0 fully saturated rings. The molecule has 0 spiro atoms. The van der Waals surface area contributed by atoms with Crippen molar-refractivity contribution >= 4 is 32.9 Å². The van der Waals surface area contributed by atoms with Gasteiger partial charge in [-0.1, -0.05) is 29.9 Å². The minimum Gasteiger partial charge on any atom is -0.392 e. The second-order valence-electron chi connectivity index (χ2n) is 4.47. The molecule has 100 valence electrons. The van der Waals surface area contributed by atoms with Crippen LogP contribution in [0.2, 0.25) is 0 Å². The Kier molecular flexibility index (Phi) is 4.34. The van der Waals surface area contributed by atoms with Gasteiger partial charge in [-0.15, -0.1) is 0 Å². The molecule has 0 radical (unpaired) electrons. The Hall–Kier alpha value is -1.14. The Bertz CT molecular complexity index is 557. The highest BCUT2D eigenvalue weighted by Gasteiger charge is 2.24. The molecule has 1 unspecified atom stereocenters. The molecule has 1 aromatic carbocycles. The van der Waals surface area contributed by atoms with Crippen molar-refractivity contribution in [1.29, 1.82) is 0 Å². The van der Waals surface area contributed by atoms with Crippen molar-refractivity contribution in [3.63, 3.8) is 0 Å². The average Bonchev–Trinajstić information content (AvgIpc) is 2.22. The van der Waals surface area contributed by atoms with E-state index in [1.807, 2.05) is 32.9 Å². The van der Waals surface area contributed by atoms with E-state index in [1.165, 1.54) is 6.92 Å². The highest BCUT2D eigenvalue weighted by atomic mass is 32.2. The van der Waals surface area contributed by atoms with Crippen LogP contribution in [0.5, 0.6) is 0 Å². The van der Waals surface area contributed by atoms with Gasteiger partial charge < -0.3 is 5.73 Å². The number of thiocarbonyl (C=S) groups is 1. The number of sulfonamides is 1. The third-order valence-corrected chi connectivity index (χ3v) is 4.96. The molecule has 1 atom stereocenters. The SMILES string of the molecule is Cc1cc(C)c(NS(=O)(=O)C(C)C(N)=S)c(C)c1. The monoisotopic (exact) mass is 286 g/mol. The Morgan fingerprint density at radius 3 is 2.11 bits per heavy atom. The van der Waals surface area contributed by atoms with Crippen LogP contribution in [0.25, 0.3) is 0 Å². The third kappa shape index (κ3) is 3.20. The Labute approximate surface area is 114 Å². The predicted molar refractivity (Wildman–Crippen MR) is 79.4 cm³/mol. The van der Waals surface area contributed by atoms with Crippen LogP contribution >= 0.6 is 12.2 Å². The summed E-state index contributed by atoms with van der Waals surface area (Å²) < 4.78 is 26.7. The number of hydrogen-bond acceptors (Lipinski definition) is 3. The summed E-state index contributed by atoms with van der Waals surface area (Å²) in [5.74, 6) is 0. The molecule has 18 heavy (non-hydrogen) atoms. The minimum atomic E-state index is -3.59. The first kappa shape index (κ1) is 14.9. The van der Waals surface area contributed by atoms with E-state index in [0.717, 1.165) is 16.7 Å². The molecule has 0 amide bonds. The van der Waals surface area contributed by atoms with E-state index in [9.17, 15) is 8.42 Å². The van der Waals surface area contributed by atoms with E-state index in [4.69, 9.17) is 18.0 Å². The Morgan fingerprint density at radius 1 is 1.28 bits per heavy atom. The fraction of sp³-hybridized carbons (Fsp3) is 0.417. The average molecular weight is 286 g/mol. The van der Waals surface area contributed by atoms with Gasteiger partial charge in [0.1, 0.15) is 5.25 Å². The van der Waals surface area contributed by atoms with Crippen molar-refractivity contribution in [2.75, 3.05) is 4.72 Å².